The van der Waals surface area contributed by atoms with Gasteiger partial charge >= 0.3 is 5.97 Å². The van der Waals surface area contributed by atoms with Crippen molar-refractivity contribution in [2.45, 2.75) is 31.4 Å². The van der Waals surface area contributed by atoms with Gasteiger partial charge in [-0.1, -0.05) is 0 Å². The van der Waals surface area contributed by atoms with E-state index in [1.54, 1.807) is 16.7 Å². The Labute approximate surface area is 101 Å². The summed E-state index contributed by atoms with van der Waals surface area (Å²) in [6.07, 6.45) is 2.38. The highest BCUT2D eigenvalue weighted by Gasteiger charge is 2.27. The molecule has 0 saturated carbocycles. The van der Waals surface area contributed by atoms with Gasteiger partial charge in [-0.3, -0.25) is 9.59 Å². The van der Waals surface area contributed by atoms with E-state index in [-0.39, 0.29) is 23.5 Å². The van der Waals surface area contributed by atoms with Crippen LogP contribution in [0.25, 0.3) is 0 Å². The second-order valence-corrected chi connectivity index (χ2v) is 5.06. The maximum Gasteiger partial charge on any atom is 0.307 e. The molecule has 1 aliphatic rings. The van der Waals surface area contributed by atoms with Crippen LogP contribution in [0.15, 0.2) is 0 Å². The summed E-state index contributed by atoms with van der Waals surface area (Å²) < 4.78 is 4.57. The first-order chi connectivity index (χ1) is 7.69. The molecule has 0 aromatic heterocycles. The molecule has 4 nitrogen and oxygen atoms in total. The lowest BCUT2D eigenvalue weighted by molar-refractivity contribution is -0.141. The van der Waals surface area contributed by atoms with Gasteiger partial charge in [-0.25, -0.2) is 0 Å². The van der Waals surface area contributed by atoms with Gasteiger partial charge in [-0.05, 0) is 25.5 Å². The highest BCUT2D eigenvalue weighted by Crippen LogP contribution is 2.27. The molecule has 92 valence electrons. The molecular formula is C11H19NO3S. The number of rotatable bonds is 5. The summed E-state index contributed by atoms with van der Waals surface area (Å²) in [7, 11) is 1.37. The van der Waals surface area contributed by atoms with Crippen LogP contribution in [0.2, 0.25) is 0 Å². The van der Waals surface area contributed by atoms with E-state index in [1.807, 2.05) is 6.92 Å². The fourth-order valence-electron chi connectivity index (χ4n) is 1.73. The van der Waals surface area contributed by atoms with Crippen LogP contribution in [0.3, 0.4) is 0 Å². The second kappa shape index (κ2) is 6.78. The van der Waals surface area contributed by atoms with Gasteiger partial charge in [0.25, 0.3) is 0 Å². The van der Waals surface area contributed by atoms with E-state index in [2.05, 4.69) is 4.74 Å². The molecule has 1 unspecified atom stereocenters. The highest BCUT2D eigenvalue weighted by molar-refractivity contribution is 8.00. The molecule has 0 N–H and O–H groups in total. The standard InChI is InChI=1S/C11H19NO3S/c1-3-12(7-6-10(13)15-2)11(14)9-5-4-8-16-9/h9H,3-8H2,1-2H3. The molecule has 1 aliphatic heterocycles. The van der Waals surface area contributed by atoms with Gasteiger partial charge in [0.2, 0.25) is 5.91 Å². The van der Waals surface area contributed by atoms with Crippen LogP contribution in [-0.4, -0.2) is 48.0 Å². The van der Waals surface area contributed by atoms with E-state index in [1.165, 1.54) is 7.11 Å². The van der Waals surface area contributed by atoms with Crippen LogP contribution in [0.1, 0.15) is 26.2 Å². The zero-order chi connectivity index (χ0) is 12.0. The molecule has 0 aromatic carbocycles. The molecule has 1 rings (SSSR count). The molecule has 0 aromatic rings. The van der Waals surface area contributed by atoms with Crippen LogP contribution >= 0.6 is 11.8 Å². The van der Waals surface area contributed by atoms with Gasteiger partial charge in [0.1, 0.15) is 0 Å². The van der Waals surface area contributed by atoms with Crippen molar-refractivity contribution in [3.8, 4) is 0 Å². The number of methoxy groups -OCH3 is 1. The molecule has 1 amide bonds. The van der Waals surface area contributed by atoms with Gasteiger partial charge in [0.15, 0.2) is 0 Å². The van der Waals surface area contributed by atoms with Gasteiger partial charge in [0.05, 0.1) is 18.8 Å². The molecule has 1 saturated heterocycles. The number of hydrogen-bond donors (Lipinski definition) is 0. The number of ether oxygens (including phenoxy) is 1. The third kappa shape index (κ3) is 3.70. The van der Waals surface area contributed by atoms with Crippen molar-refractivity contribution < 1.29 is 14.3 Å². The number of nitrogens with zero attached hydrogens (tertiary/aromatic N) is 1. The first-order valence-corrected chi connectivity index (χ1v) is 6.71. The lowest BCUT2D eigenvalue weighted by atomic mass is 10.2. The zero-order valence-electron chi connectivity index (χ0n) is 9.90. The lowest BCUT2D eigenvalue weighted by Gasteiger charge is -2.23. The van der Waals surface area contributed by atoms with Gasteiger partial charge in [-0.2, -0.15) is 0 Å². The maximum atomic E-state index is 12.0. The van der Waals surface area contributed by atoms with Crippen LogP contribution in [0.4, 0.5) is 0 Å². The maximum absolute atomic E-state index is 12.0. The third-order valence-electron chi connectivity index (χ3n) is 2.71. The summed E-state index contributed by atoms with van der Waals surface area (Å²) >= 11 is 1.73. The topological polar surface area (TPSA) is 46.6 Å². The molecule has 0 bridgehead atoms. The van der Waals surface area contributed by atoms with E-state index < -0.39 is 0 Å². The number of esters is 1. The lowest BCUT2D eigenvalue weighted by Crippen LogP contribution is -2.38. The quantitative estimate of drug-likeness (QED) is 0.685. The van der Waals surface area contributed by atoms with Crippen LogP contribution in [0, 0.1) is 0 Å². The number of carbonyl (C=O) groups excluding carboxylic acids is 2. The van der Waals surface area contributed by atoms with E-state index in [0.717, 1.165) is 18.6 Å². The predicted molar refractivity (Wildman–Crippen MR) is 64.4 cm³/mol. The van der Waals surface area contributed by atoms with Crippen LogP contribution < -0.4 is 0 Å². The first-order valence-electron chi connectivity index (χ1n) is 5.66. The molecule has 1 fully saturated rings. The molecule has 1 heterocycles. The van der Waals surface area contributed by atoms with Crippen molar-refractivity contribution in [3.63, 3.8) is 0 Å². The average molecular weight is 245 g/mol. The summed E-state index contributed by atoms with van der Waals surface area (Å²) in [6.45, 7) is 3.07. The summed E-state index contributed by atoms with van der Waals surface area (Å²) in [6, 6.07) is 0. The smallest absolute Gasteiger partial charge is 0.307 e. The summed E-state index contributed by atoms with van der Waals surface area (Å²) in [5, 5.41) is 0.109. The minimum Gasteiger partial charge on any atom is -0.469 e. The van der Waals surface area contributed by atoms with Crippen molar-refractivity contribution in [1.82, 2.24) is 4.90 Å². The Morgan fingerprint density at radius 1 is 1.50 bits per heavy atom. The van der Waals surface area contributed by atoms with Crippen molar-refractivity contribution in [1.29, 1.82) is 0 Å². The minimum absolute atomic E-state index is 0.109. The van der Waals surface area contributed by atoms with Crippen LogP contribution in [0.5, 0.6) is 0 Å². The summed E-state index contributed by atoms with van der Waals surface area (Å²) in [5.41, 5.74) is 0. The van der Waals surface area contributed by atoms with Crippen molar-refractivity contribution in [2.24, 2.45) is 0 Å². The van der Waals surface area contributed by atoms with Gasteiger partial charge < -0.3 is 9.64 Å². The van der Waals surface area contributed by atoms with Crippen LogP contribution in [-0.2, 0) is 14.3 Å². The molecule has 1 atom stereocenters. The summed E-state index contributed by atoms with van der Waals surface area (Å²) in [4.78, 5) is 24.8. The molecule has 16 heavy (non-hydrogen) atoms. The zero-order valence-corrected chi connectivity index (χ0v) is 10.7. The fourth-order valence-corrected chi connectivity index (χ4v) is 2.97. The predicted octanol–water partition coefficient (Wildman–Crippen LogP) is 1.29. The molecule has 0 radical (unpaired) electrons. The van der Waals surface area contributed by atoms with E-state index in [0.29, 0.717) is 13.1 Å². The Morgan fingerprint density at radius 3 is 2.75 bits per heavy atom. The Bertz CT molecular complexity index is 252. The van der Waals surface area contributed by atoms with E-state index in [9.17, 15) is 9.59 Å². The largest absolute Gasteiger partial charge is 0.469 e. The minimum atomic E-state index is -0.259. The Hall–Kier alpha value is -0.710. The number of amides is 1. The van der Waals surface area contributed by atoms with E-state index >= 15 is 0 Å². The molecule has 0 aliphatic carbocycles. The Balaban J connectivity index is 2.40. The first kappa shape index (κ1) is 13.4. The molecule has 0 spiro atoms. The highest BCUT2D eigenvalue weighted by atomic mass is 32.2. The number of carbonyl (C=O) groups is 2. The fraction of sp³-hybridized carbons (Fsp3) is 0.818. The number of hydrogen-bond acceptors (Lipinski definition) is 4. The second-order valence-electron chi connectivity index (χ2n) is 3.75. The van der Waals surface area contributed by atoms with Crippen molar-refractivity contribution >= 4 is 23.6 Å². The number of thioether (sulfide) groups is 1. The SMILES string of the molecule is CCN(CCC(=O)OC)C(=O)C1CCCS1. The molecular weight excluding hydrogens is 226 g/mol. The monoisotopic (exact) mass is 245 g/mol. The Morgan fingerprint density at radius 2 is 2.25 bits per heavy atom. The summed E-state index contributed by atoms with van der Waals surface area (Å²) in [5.74, 6) is 0.990. The third-order valence-corrected chi connectivity index (χ3v) is 4.08. The molecule has 5 heteroatoms. The normalized spacial score (nSPS) is 19.5. The van der Waals surface area contributed by atoms with Gasteiger partial charge in [0, 0.05) is 13.1 Å². The van der Waals surface area contributed by atoms with Crippen molar-refractivity contribution in [3.05, 3.63) is 0 Å². The average Bonchev–Trinajstić information content (AvgIpc) is 2.82. The van der Waals surface area contributed by atoms with E-state index in [4.69, 9.17) is 0 Å². The van der Waals surface area contributed by atoms with Gasteiger partial charge in [-0.15, -0.1) is 11.8 Å². The Kier molecular flexibility index (Phi) is 5.66. The van der Waals surface area contributed by atoms with Crippen molar-refractivity contribution in [2.75, 3.05) is 26.0 Å².